The monoisotopic (exact) mass is 485 g/mol. The number of carbonyl (C=O) groups excluding carboxylic acids is 2. The number of alkyl halides is 1. The molecule has 0 spiro atoms. The van der Waals surface area contributed by atoms with E-state index in [4.69, 9.17) is 14.9 Å². The van der Waals surface area contributed by atoms with Crippen molar-refractivity contribution in [1.82, 2.24) is 16.0 Å². The first-order valence-corrected chi connectivity index (χ1v) is 10.5. The molecular formula is C21H28FN3O9. The molecule has 6 N–H and O–H groups in total. The van der Waals surface area contributed by atoms with E-state index >= 15 is 0 Å². The number of halogens is 1. The molecule has 2 atom stereocenters. The fourth-order valence-electron chi connectivity index (χ4n) is 2.78. The van der Waals surface area contributed by atoms with Gasteiger partial charge < -0.3 is 36.0 Å². The van der Waals surface area contributed by atoms with E-state index in [2.05, 4.69) is 10.6 Å². The van der Waals surface area contributed by atoms with Crippen LogP contribution in [0.5, 0.6) is 5.75 Å². The number of carboxylic acids is 3. The summed E-state index contributed by atoms with van der Waals surface area (Å²) in [5.41, 5.74) is 0.366. The van der Waals surface area contributed by atoms with Gasteiger partial charge in [0.25, 0.3) is 5.91 Å². The van der Waals surface area contributed by atoms with Crippen LogP contribution in [0.25, 0.3) is 0 Å². The Morgan fingerprint density at radius 3 is 2.00 bits per heavy atom. The Labute approximate surface area is 194 Å². The van der Waals surface area contributed by atoms with Crippen LogP contribution in [0.4, 0.5) is 9.18 Å². The maximum Gasteiger partial charge on any atom is 0.326 e. The molecule has 1 rings (SSSR count). The van der Waals surface area contributed by atoms with E-state index in [1.807, 2.05) is 5.32 Å². The molecule has 0 heterocycles. The van der Waals surface area contributed by atoms with Crippen molar-refractivity contribution in [3.8, 4) is 5.75 Å². The van der Waals surface area contributed by atoms with Crippen LogP contribution in [0, 0.1) is 0 Å². The highest BCUT2D eigenvalue weighted by Crippen LogP contribution is 2.12. The zero-order chi connectivity index (χ0) is 25.5. The number of carbonyl (C=O) groups is 5. The minimum atomic E-state index is -1.48. The van der Waals surface area contributed by atoms with Crippen LogP contribution in [-0.2, 0) is 14.4 Å². The van der Waals surface area contributed by atoms with Gasteiger partial charge in [-0.15, -0.1) is 0 Å². The maximum absolute atomic E-state index is 12.1. The number of hydrogen-bond acceptors (Lipinski definition) is 6. The molecule has 1 aromatic rings. The SMILES string of the molecule is O=C(O)CC[C@H](NC(=O)N[C@@H](CCCCNC(=O)c1ccc(OCCF)cc1)C(=O)O)C(=O)O. The van der Waals surface area contributed by atoms with Crippen molar-refractivity contribution in [2.75, 3.05) is 19.8 Å². The maximum atomic E-state index is 12.1. The van der Waals surface area contributed by atoms with Crippen molar-refractivity contribution >= 4 is 29.8 Å². The second-order valence-electron chi connectivity index (χ2n) is 7.15. The normalized spacial score (nSPS) is 12.1. The zero-order valence-electron chi connectivity index (χ0n) is 18.3. The van der Waals surface area contributed by atoms with Crippen molar-refractivity contribution in [1.29, 1.82) is 0 Å². The number of urea groups is 1. The number of carboxylic acid groups (broad SMARTS) is 3. The Bertz CT molecular complexity index is 848. The van der Waals surface area contributed by atoms with E-state index < -0.39 is 49.1 Å². The molecule has 0 aliphatic heterocycles. The molecule has 0 fully saturated rings. The third-order valence-corrected chi connectivity index (χ3v) is 4.52. The number of hydrogen-bond donors (Lipinski definition) is 6. The molecule has 0 aromatic heterocycles. The number of rotatable bonds is 16. The quantitative estimate of drug-likeness (QED) is 0.185. The van der Waals surface area contributed by atoms with Crippen molar-refractivity contribution in [3.63, 3.8) is 0 Å². The number of unbranched alkanes of at least 4 members (excludes halogenated alkanes) is 1. The van der Waals surface area contributed by atoms with Gasteiger partial charge in [0.15, 0.2) is 0 Å². The molecule has 12 nitrogen and oxygen atoms in total. The predicted molar refractivity (Wildman–Crippen MR) is 115 cm³/mol. The van der Waals surface area contributed by atoms with E-state index in [-0.39, 0.29) is 31.9 Å². The van der Waals surface area contributed by atoms with Crippen molar-refractivity contribution in [2.45, 2.75) is 44.2 Å². The van der Waals surface area contributed by atoms with Crippen molar-refractivity contribution in [3.05, 3.63) is 29.8 Å². The molecule has 0 unspecified atom stereocenters. The molecular weight excluding hydrogens is 457 g/mol. The van der Waals surface area contributed by atoms with Crippen LogP contribution in [0.1, 0.15) is 42.5 Å². The fourth-order valence-corrected chi connectivity index (χ4v) is 2.78. The van der Waals surface area contributed by atoms with Gasteiger partial charge in [0.1, 0.15) is 31.1 Å². The molecule has 1 aromatic carbocycles. The highest BCUT2D eigenvalue weighted by Gasteiger charge is 2.24. The van der Waals surface area contributed by atoms with Gasteiger partial charge in [0.2, 0.25) is 0 Å². The highest BCUT2D eigenvalue weighted by molar-refractivity contribution is 5.94. The molecule has 0 aliphatic carbocycles. The molecule has 0 aliphatic rings. The highest BCUT2D eigenvalue weighted by atomic mass is 19.1. The summed E-state index contributed by atoms with van der Waals surface area (Å²) in [7, 11) is 0. The Kier molecular flexibility index (Phi) is 12.4. The third kappa shape index (κ3) is 11.1. The van der Waals surface area contributed by atoms with Crippen molar-refractivity contribution in [2.24, 2.45) is 0 Å². The summed E-state index contributed by atoms with van der Waals surface area (Å²) >= 11 is 0. The van der Waals surface area contributed by atoms with Crippen molar-refractivity contribution < 1.29 is 48.4 Å². The Morgan fingerprint density at radius 1 is 0.882 bits per heavy atom. The zero-order valence-corrected chi connectivity index (χ0v) is 18.3. The number of ether oxygens (including phenoxy) is 1. The van der Waals surface area contributed by atoms with Crippen LogP contribution in [0.3, 0.4) is 0 Å². The topological polar surface area (TPSA) is 191 Å². The van der Waals surface area contributed by atoms with Crippen LogP contribution in [-0.4, -0.2) is 77.1 Å². The van der Waals surface area contributed by atoms with Gasteiger partial charge >= 0.3 is 23.9 Å². The molecule has 0 bridgehead atoms. The predicted octanol–water partition coefficient (Wildman–Crippen LogP) is 1.01. The van der Waals surface area contributed by atoms with Crippen LogP contribution in [0.2, 0.25) is 0 Å². The molecule has 188 valence electrons. The first-order chi connectivity index (χ1) is 16.1. The summed E-state index contributed by atoms with van der Waals surface area (Å²) in [4.78, 5) is 57.2. The second-order valence-corrected chi connectivity index (χ2v) is 7.15. The fraction of sp³-hybridized carbons (Fsp3) is 0.476. The largest absolute Gasteiger partial charge is 0.491 e. The lowest BCUT2D eigenvalue weighted by molar-refractivity contribution is -0.140. The van der Waals surface area contributed by atoms with E-state index in [1.54, 1.807) is 0 Å². The summed E-state index contributed by atoms with van der Waals surface area (Å²) in [6.07, 6.45) is -0.0842. The second kappa shape index (κ2) is 15.0. The van der Waals surface area contributed by atoms with E-state index in [0.717, 1.165) is 0 Å². The minimum absolute atomic E-state index is 0.0199. The van der Waals surface area contributed by atoms with E-state index in [1.165, 1.54) is 24.3 Å². The van der Waals surface area contributed by atoms with Gasteiger partial charge in [-0.2, -0.15) is 0 Å². The Morgan fingerprint density at radius 2 is 1.47 bits per heavy atom. The van der Waals surface area contributed by atoms with Gasteiger partial charge in [-0.1, -0.05) is 0 Å². The van der Waals surface area contributed by atoms with Crippen LogP contribution < -0.4 is 20.7 Å². The third-order valence-electron chi connectivity index (χ3n) is 4.52. The summed E-state index contributed by atoms with van der Waals surface area (Å²) < 4.78 is 17.2. The van der Waals surface area contributed by atoms with Gasteiger partial charge in [0.05, 0.1) is 0 Å². The average Bonchev–Trinajstić information content (AvgIpc) is 2.79. The summed E-state index contributed by atoms with van der Waals surface area (Å²) in [6.45, 7) is -0.460. The molecule has 0 saturated carbocycles. The molecule has 13 heteroatoms. The number of amides is 3. The lowest BCUT2D eigenvalue weighted by Gasteiger charge is -2.18. The number of nitrogens with one attached hydrogen (secondary N) is 3. The average molecular weight is 485 g/mol. The molecule has 34 heavy (non-hydrogen) atoms. The minimum Gasteiger partial charge on any atom is -0.491 e. The van der Waals surface area contributed by atoms with Gasteiger partial charge in [-0.05, 0) is 49.9 Å². The summed E-state index contributed by atoms with van der Waals surface area (Å²) in [5.74, 6) is -3.93. The van der Waals surface area contributed by atoms with E-state index in [9.17, 15) is 33.5 Å². The lowest BCUT2D eigenvalue weighted by atomic mass is 10.1. The number of benzene rings is 1. The van der Waals surface area contributed by atoms with Gasteiger partial charge in [0, 0.05) is 18.5 Å². The van der Waals surface area contributed by atoms with Crippen LogP contribution in [0.15, 0.2) is 24.3 Å². The summed E-state index contributed by atoms with van der Waals surface area (Å²) in [6, 6.07) is 2.29. The van der Waals surface area contributed by atoms with Gasteiger partial charge in [-0.3, -0.25) is 9.59 Å². The lowest BCUT2D eigenvalue weighted by Crippen LogP contribution is -2.51. The smallest absolute Gasteiger partial charge is 0.326 e. The van der Waals surface area contributed by atoms with E-state index in [0.29, 0.717) is 24.2 Å². The molecule has 0 saturated heterocycles. The first kappa shape index (κ1) is 28.1. The standard InChI is InChI=1S/C21H28FN3O9/c22-10-12-34-14-6-4-13(5-7-14)18(28)23-11-2-1-3-15(19(29)30)24-21(33)25-16(20(31)32)8-9-17(26)27/h4-7,15-16H,1-3,8-12H2,(H,23,28)(H,26,27)(H,29,30)(H,31,32)(H2,24,25,33)/t15-,16-/m0/s1. The number of aliphatic carboxylic acids is 3. The Balaban J connectivity index is 2.40. The summed E-state index contributed by atoms with van der Waals surface area (Å²) in [5, 5.41) is 33.8. The molecule has 3 amide bonds. The Hall–Kier alpha value is -3.90. The van der Waals surface area contributed by atoms with Gasteiger partial charge in [-0.25, -0.2) is 18.8 Å². The molecule has 0 radical (unpaired) electrons. The first-order valence-electron chi connectivity index (χ1n) is 10.5. The van der Waals surface area contributed by atoms with Crippen LogP contribution >= 0.6 is 0 Å².